The molecule has 4 heterocycles. The summed E-state index contributed by atoms with van der Waals surface area (Å²) >= 11 is 7.64. The first-order valence-corrected chi connectivity index (χ1v) is 11.2. The van der Waals surface area contributed by atoms with Crippen molar-refractivity contribution in [3.05, 3.63) is 28.7 Å². The van der Waals surface area contributed by atoms with Gasteiger partial charge in [0.2, 0.25) is 0 Å². The summed E-state index contributed by atoms with van der Waals surface area (Å²) in [4.78, 5) is 16.4. The largest absolute Gasteiger partial charge is 0.390 e. The molecule has 4 rings (SSSR count). The molecule has 2 fully saturated rings. The lowest BCUT2D eigenvalue weighted by atomic mass is 9.73. The van der Waals surface area contributed by atoms with Crippen LogP contribution in [0.25, 0.3) is 0 Å². The van der Waals surface area contributed by atoms with E-state index < -0.39 is 0 Å². The quantitative estimate of drug-likeness (QED) is 0.643. The van der Waals surface area contributed by atoms with Gasteiger partial charge in [-0.2, -0.15) is 0 Å². The zero-order valence-electron chi connectivity index (χ0n) is 17.1. The predicted octanol–water partition coefficient (Wildman–Crippen LogP) is 2.39. The van der Waals surface area contributed by atoms with Crippen LogP contribution in [-0.4, -0.2) is 51.9 Å². The lowest BCUT2D eigenvalue weighted by molar-refractivity contribution is 0.0973. The average molecular weight is 451 g/mol. The number of rotatable bonds is 4. The number of pyridine rings is 1. The Balaban J connectivity index is 1.55. The van der Waals surface area contributed by atoms with Crippen LogP contribution in [0, 0.1) is 12.3 Å². The number of nitrogens with zero attached hydrogens (tertiary/aromatic N) is 4. The number of aliphatic hydroxyl groups excluding tert-OH is 1. The standard InChI is InChI=1S/C20H27ClN6O2S/c1-11-19(30-14-3-6-24-17(23)15(14)21)26-13(9-28)18(25-11)27-7-4-20(5-8-27)10-29-12(2)16(20)22/h3,6,12,16,28H,4-5,7-10,22H2,1-2H3,(H2,23,24)/t12-,16+/m0/s1. The molecule has 2 aromatic heterocycles. The average Bonchev–Trinajstić information content (AvgIpc) is 3.01. The Kier molecular flexibility index (Phi) is 6.09. The van der Waals surface area contributed by atoms with Crippen LogP contribution in [0.5, 0.6) is 0 Å². The van der Waals surface area contributed by atoms with Crippen molar-refractivity contribution in [3.63, 3.8) is 0 Å². The summed E-state index contributed by atoms with van der Waals surface area (Å²) in [6, 6.07) is 1.84. The summed E-state index contributed by atoms with van der Waals surface area (Å²) in [5, 5.41) is 11.1. The van der Waals surface area contributed by atoms with Crippen molar-refractivity contribution in [2.75, 3.05) is 30.3 Å². The Morgan fingerprint density at radius 1 is 1.37 bits per heavy atom. The number of halogens is 1. The van der Waals surface area contributed by atoms with E-state index in [1.165, 1.54) is 11.8 Å². The maximum atomic E-state index is 9.98. The molecular formula is C20H27ClN6O2S. The van der Waals surface area contributed by atoms with Crippen LogP contribution in [0.15, 0.2) is 22.2 Å². The predicted molar refractivity (Wildman–Crippen MR) is 118 cm³/mol. The summed E-state index contributed by atoms with van der Waals surface area (Å²) in [6.07, 6.45) is 3.58. The maximum absolute atomic E-state index is 9.98. The van der Waals surface area contributed by atoms with Gasteiger partial charge in [-0.3, -0.25) is 0 Å². The molecule has 0 radical (unpaired) electrons. The minimum Gasteiger partial charge on any atom is -0.390 e. The number of aliphatic hydroxyl groups is 1. The highest BCUT2D eigenvalue weighted by Gasteiger charge is 2.47. The zero-order valence-corrected chi connectivity index (χ0v) is 18.7. The second-order valence-electron chi connectivity index (χ2n) is 8.04. The highest BCUT2D eigenvalue weighted by atomic mass is 35.5. The minimum atomic E-state index is -0.191. The van der Waals surface area contributed by atoms with E-state index in [-0.39, 0.29) is 30.0 Å². The van der Waals surface area contributed by atoms with Crippen molar-refractivity contribution in [2.24, 2.45) is 11.1 Å². The van der Waals surface area contributed by atoms with Crippen molar-refractivity contribution < 1.29 is 9.84 Å². The number of anilines is 2. The Morgan fingerprint density at radius 3 is 2.73 bits per heavy atom. The number of nitrogen functional groups attached to an aromatic ring is 1. The van der Waals surface area contributed by atoms with E-state index >= 15 is 0 Å². The Bertz CT molecular complexity index is 938. The van der Waals surface area contributed by atoms with Crippen LogP contribution < -0.4 is 16.4 Å². The number of hydrogen-bond acceptors (Lipinski definition) is 9. The van der Waals surface area contributed by atoms with Gasteiger partial charge in [0, 0.05) is 35.6 Å². The molecule has 1 spiro atoms. The smallest absolute Gasteiger partial charge is 0.153 e. The van der Waals surface area contributed by atoms with E-state index in [0.29, 0.717) is 22.3 Å². The van der Waals surface area contributed by atoms with E-state index in [0.717, 1.165) is 42.3 Å². The Labute approximate surface area is 185 Å². The van der Waals surface area contributed by atoms with Gasteiger partial charge in [-0.05, 0) is 32.8 Å². The molecule has 0 aromatic carbocycles. The van der Waals surface area contributed by atoms with Crippen LogP contribution in [0.3, 0.4) is 0 Å². The monoisotopic (exact) mass is 450 g/mol. The molecule has 0 aliphatic carbocycles. The van der Waals surface area contributed by atoms with Crippen molar-refractivity contribution in [1.29, 1.82) is 0 Å². The summed E-state index contributed by atoms with van der Waals surface area (Å²) in [5.41, 5.74) is 13.6. The fourth-order valence-electron chi connectivity index (χ4n) is 4.24. The molecule has 162 valence electrons. The van der Waals surface area contributed by atoms with Gasteiger partial charge in [-0.25, -0.2) is 15.0 Å². The molecule has 8 nitrogen and oxygen atoms in total. The number of nitrogens with two attached hydrogens (primary N) is 2. The van der Waals surface area contributed by atoms with Crippen molar-refractivity contribution in [1.82, 2.24) is 15.0 Å². The first-order valence-electron chi connectivity index (χ1n) is 10.0. The molecule has 2 aromatic rings. The van der Waals surface area contributed by atoms with Gasteiger partial charge in [0.15, 0.2) is 5.82 Å². The van der Waals surface area contributed by atoms with Gasteiger partial charge < -0.3 is 26.2 Å². The molecule has 2 aliphatic rings. The minimum absolute atomic E-state index is 0.0333. The van der Waals surface area contributed by atoms with Crippen LogP contribution >= 0.6 is 23.4 Å². The molecular weight excluding hydrogens is 424 g/mol. The van der Waals surface area contributed by atoms with Crippen LogP contribution in [-0.2, 0) is 11.3 Å². The Hall–Kier alpha value is -1.65. The van der Waals surface area contributed by atoms with Gasteiger partial charge in [0.05, 0.1) is 30.0 Å². The third-order valence-corrected chi connectivity index (χ3v) is 7.87. The summed E-state index contributed by atoms with van der Waals surface area (Å²) in [7, 11) is 0. The Morgan fingerprint density at radius 2 is 2.10 bits per heavy atom. The van der Waals surface area contributed by atoms with Gasteiger partial charge in [0.25, 0.3) is 0 Å². The van der Waals surface area contributed by atoms with Gasteiger partial charge >= 0.3 is 0 Å². The number of piperidine rings is 1. The van der Waals surface area contributed by atoms with E-state index in [1.54, 1.807) is 12.3 Å². The van der Waals surface area contributed by atoms with Crippen LogP contribution in [0.2, 0.25) is 5.02 Å². The molecule has 0 unspecified atom stereocenters. The van der Waals surface area contributed by atoms with Crippen molar-refractivity contribution >= 4 is 35.0 Å². The van der Waals surface area contributed by atoms with Gasteiger partial charge in [0.1, 0.15) is 16.5 Å². The lowest BCUT2D eigenvalue weighted by Crippen LogP contribution is -2.51. The second kappa shape index (κ2) is 8.47. The normalized spacial score (nSPS) is 23.3. The highest BCUT2D eigenvalue weighted by molar-refractivity contribution is 7.99. The first kappa shape index (κ1) is 21.6. The van der Waals surface area contributed by atoms with Gasteiger partial charge in [-0.1, -0.05) is 23.4 Å². The maximum Gasteiger partial charge on any atom is 0.153 e. The van der Waals surface area contributed by atoms with E-state index in [9.17, 15) is 5.11 Å². The summed E-state index contributed by atoms with van der Waals surface area (Å²) in [6.45, 7) is 6.10. The van der Waals surface area contributed by atoms with Crippen molar-refractivity contribution in [3.8, 4) is 0 Å². The molecule has 0 amide bonds. The fraction of sp³-hybridized carbons (Fsp3) is 0.550. The number of hydrogen-bond donors (Lipinski definition) is 3. The van der Waals surface area contributed by atoms with Crippen LogP contribution in [0.4, 0.5) is 11.6 Å². The third kappa shape index (κ3) is 3.85. The SMILES string of the molecule is Cc1nc(N2CCC3(CC2)CO[C@@H](C)[C@H]3N)c(CO)nc1Sc1ccnc(N)c1Cl. The summed E-state index contributed by atoms with van der Waals surface area (Å²) < 4.78 is 5.82. The fourth-order valence-corrected chi connectivity index (χ4v) is 5.35. The molecule has 5 N–H and O–H groups in total. The van der Waals surface area contributed by atoms with Gasteiger partial charge in [-0.15, -0.1) is 0 Å². The first-order chi connectivity index (χ1) is 14.3. The topological polar surface area (TPSA) is 123 Å². The molecule has 30 heavy (non-hydrogen) atoms. The molecule has 2 saturated heterocycles. The molecule has 0 saturated carbocycles. The second-order valence-corrected chi connectivity index (χ2v) is 9.45. The number of aromatic nitrogens is 3. The molecule has 0 bridgehead atoms. The zero-order chi connectivity index (χ0) is 21.5. The third-order valence-electron chi connectivity index (χ3n) is 6.22. The molecule has 10 heteroatoms. The lowest BCUT2D eigenvalue weighted by Gasteiger charge is -2.42. The molecule has 2 atom stereocenters. The molecule has 2 aliphatic heterocycles. The highest BCUT2D eigenvalue weighted by Crippen LogP contribution is 2.42. The number of aryl methyl sites for hydroxylation is 1. The van der Waals surface area contributed by atoms with E-state index in [1.807, 2.05) is 13.8 Å². The van der Waals surface area contributed by atoms with E-state index in [4.69, 9.17) is 32.8 Å². The van der Waals surface area contributed by atoms with Crippen LogP contribution in [0.1, 0.15) is 31.2 Å². The van der Waals surface area contributed by atoms with E-state index in [2.05, 4.69) is 14.9 Å². The number of ether oxygens (including phenoxy) is 1. The summed E-state index contributed by atoms with van der Waals surface area (Å²) in [5.74, 6) is 1.01. The van der Waals surface area contributed by atoms with Crippen molar-refractivity contribution in [2.45, 2.75) is 55.4 Å².